The molecule has 1 aromatic carbocycles. The highest BCUT2D eigenvalue weighted by atomic mass is 16.2. The number of rotatable bonds is 0. The number of benzene rings is 1. The topological polar surface area (TPSA) is 112 Å². The van der Waals surface area contributed by atoms with Crippen molar-refractivity contribution in [2.45, 2.75) is 25.7 Å². The van der Waals surface area contributed by atoms with E-state index in [4.69, 9.17) is 0 Å². The minimum atomic E-state index is -0.212. The fourth-order valence-corrected chi connectivity index (χ4v) is 2.69. The van der Waals surface area contributed by atoms with Gasteiger partial charge in [-0.3, -0.25) is 43.5 Å². The lowest BCUT2D eigenvalue weighted by atomic mass is 10.1. The molecular formula is C19H21N3O6. The molecule has 0 spiro atoms. The highest BCUT2D eigenvalue weighted by Crippen LogP contribution is 2.20. The van der Waals surface area contributed by atoms with Gasteiger partial charge in [0.2, 0.25) is 23.6 Å². The van der Waals surface area contributed by atoms with Gasteiger partial charge in [0, 0.05) is 46.8 Å². The lowest BCUT2D eigenvalue weighted by Crippen LogP contribution is -2.24. The third-order valence-corrected chi connectivity index (χ3v) is 4.60. The second-order valence-electron chi connectivity index (χ2n) is 6.41. The Morgan fingerprint density at radius 3 is 1.04 bits per heavy atom. The summed E-state index contributed by atoms with van der Waals surface area (Å²) in [7, 11) is 4.51. The van der Waals surface area contributed by atoms with Crippen LogP contribution in [0, 0.1) is 0 Å². The molecule has 28 heavy (non-hydrogen) atoms. The number of nitrogens with zero attached hydrogens (tertiary/aromatic N) is 3. The minimum Gasteiger partial charge on any atom is -0.286 e. The van der Waals surface area contributed by atoms with Gasteiger partial charge in [0.25, 0.3) is 11.8 Å². The van der Waals surface area contributed by atoms with E-state index in [-0.39, 0.29) is 35.4 Å². The zero-order valence-electron chi connectivity index (χ0n) is 15.9. The summed E-state index contributed by atoms with van der Waals surface area (Å²) in [4.78, 5) is 68.0. The number of fused-ring (bicyclic) bond motifs is 1. The Kier molecular flexibility index (Phi) is 6.40. The second kappa shape index (κ2) is 8.55. The molecule has 3 aliphatic heterocycles. The van der Waals surface area contributed by atoms with Gasteiger partial charge in [-0.2, -0.15) is 0 Å². The van der Waals surface area contributed by atoms with Crippen molar-refractivity contribution in [1.29, 1.82) is 0 Å². The van der Waals surface area contributed by atoms with Crippen LogP contribution in [0.2, 0.25) is 0 Å². The number of hydrogen-bond acceptors (Lipinski definition) is 6. The Labute approximate surface area is 161 Å². The van der Waals surface area contributed by atoms with Gasteiger partial charge in [-0.15, -0.1) is 0 Å². The standard InChI is InChI=1S/C9H7NO2.2C5H7NO2/c1-10-8(11)6-4-2-3-5-7(6)9(10)12;2*1-6-4(7)2-3-5(6)8/h2-5H,1H3;2*2-3H2,1H3. The predicted octanol–water partition coefficient (Wildman–Crippen LogP) is 0.443. The van der Waals surface area contributed by atoms with Gasteiger partial charge in [-0.05, 0) is 12.1 Å². The van der Waals surface area contributed by atoms with Crippen LogP contribution in [0.3, 0.4) is 0 Å². The van der Waals surface area contributed by atoms with Crippen molar-refractivity contribution in [1.82, 2.24) is 14.7 Å². The van der Waals surface area contributed by atoms with Crippen molar-refractivity contribution in [2.75, 3.05) is 21.1 Å². The Morgan fingerprint density at radius 2 is 0.821 bits per heavy atom. The summed E-state index contributed by atoms with van der Waals surface area (Å²) in [6.07, 6.45) is 1.59. The molecule has 0 N–H and O–H groups in total. The van der Waals surface area contributed by atoms with Crippen LogP contribution in [0.5, 0.6) is 0 Å². The van der Waals surface area contributed by atoms with Gasteiger partial charge in [0.05, 0.1) is 11.1 Å². The maximum atomic E-state index is 11.3. The highest BCUT2D eigenvalue weighted by Gasteiger charge is 2.31. The van der Waals surface area contributed by atoms with E-state index in [0.29, 0.717) is 36.8 Å². The molecule has 0 radical (unpaired) electrons. The molecule has 9 nitrogen and oxygen atoms in total. The van der Waals surface area contributed by atoms with Crippen LogP contribution in [0.15, 0.2) is 24.3 Å². The maximum absolute atomic E-state index is 11.3. The Bertz CT molecular complexity index is 762. The van der Waals surface area contributed by atoms with E-state index in [2.05, 4.69) is 0 Å². The lowest BCUT2D eigenvalue weighted by Gasteiger charge is -2.02. The second-order valence-corrected chi connectivity index (χ2v) is 6.41. The van der Waals surface area contributed by atoms with Crippen LogP contribution in [-0.4, -0.2) is 71.3 Å². The molecule has 2 saturated heterocycles. The molecular weight excluding hydrogens is 366 g/mol. The lowest BCUT2D eigenvalue weighted by molar-refractivity contribution is -0.138. The van der Waals surface area contributed by atoms with Crippen molar-refractivity contribution >= 4 is 35.4 Å². The van der Waals surface area contributed by atoms with Gasteiger partial charge in [-0.25, -0.2) is 0 Å². The third-order valence-electron chi connectivity index (χ3n) is 4.60. The number of imide groups is 3. The molecule has 6 amide bonds. The summed E-state index contributed by atoms with van der Waals surface area (Å²) < 4.78 is 0. The van der Waals surface area contributed by atoms with Crippen LogP contribution in [0.1, 0.15) is 46.4 Å². The molecule has 9 heteroatoms. The van der Waals surface area contributed by atoms with Crippen molar-refractivity contribution in [2.24, 2.45) is 0 Å². The average Bonchev–Trinajstić information content (AvgIpc) is 3.24. The number of carbonyl (C=O) groups excluding carboxylic acids is 6. The molecule has 3 heterocycles. The van der Waals surface area contributed by atoms with Crippen LogP contribution < -0.4 is 0 Å². The van der Waals surface area contributed by atoms with Gasteiger partial charge < -0.3 is 0 Å². The van der Waals surface area contributed by atoms with Gasteiger partial charge in [-0.1, -0.05) is 12.1 Å². The van der Waals surface area contributed by atoms with E-state index in [1.165, 1.54) is 30.9 Å². The molecule has 0 aromatic heterocycles. The van der Waals surface area contributed by atoms with Gasteiger partial charge in [0.15, 0.2) is 0 Å². The molecule has 0 aliphatic carbocycles. The number of likely N-dealkylation sites (tertiary alicyclic amines) is 2. The fraction of sp³-hybridized carbons (Fsp3) is 0.368. The SMILES string of the molecule is CN1C(=O)CCC1=O.CN1C(=O)CCC1=O.CN1C(=O)c2ccccc2C1=O. The fourth-order valence-electron chi connectivity index (χ4n) is 2.69. The number of carbonyl (C=O) groups is 6. The van der Waals surface area contributed by atoms with E-state index in [0.717, 1.165) is 4.90 Å². The molecule has 3 aliphatic rings. The normalized spacial score (nSPS) is 18.2. The van der Waals surface area contributed by atoms with Crippen molar-refractivity contribution in [3.63, 3.8) is 0 Å². The van der Waals surface area contributed by atoms with E-state index in [9.17, 15) is 28.8 Å². The highest BCUT2D eigenvalue weighted by molar-refractivity contribution is 6.21. The smallest absolute Gasteiger partial charge is 0.261 e. The van der Waals surface area contributed by atoms with E-state index >= 15 is 0 Å². The summed E-state index contributed by atoms with van der Waals surface area (Å²) in [5.41, 5.74) is 1.01. The Balaban J connectivity index is 0.000000156. The van der Waals surface area contributed by atoms with Crippen molar-refractivity contribution < 1.29 is 28.8 Å². The molecule has 0 saturated carbocycles. The molecule has 0 bridgehead atoms. The molecule has 2 fully saturated rings. The van der Waals surface area contributed by atoms with Crippen LogP contribution >= 0.6 is 0 Å². The van der Waals surface area contributed by atoms with E-state index in [1.54, 1.807) is 24.3 Å². The van der Waals surface area contributed by atoms with Crippen LogP contribution in [0.25, 0.3) is 0 Å². The largest absolute Gasteiger partial charge is 0.286 e. The van der Waals surface area contributed by atoms with Gasteiger partial charge >= 0.3 is 0 Å². The summed E-state index contributed by atoms with van der Waals surface area (Å²) in [6, 6.07) is 6.84. The molecule has 0 atom stereocenters. The van der Waals surface area contributed by atoms with E-state index < -0.39 is 0 Å². The summed E-state index contributed by atoms with van der Waals surface area (Å²) in [5.74, 6) is -0.666. The Hall–Kier alpha value is -3.36. The average molecular weight is 387 g/mol. The van der Waals surface area contributed by atoms with Crippen LogP contribution in [-0.2, 0) is 19.2 Å². The summed E-state index contributed by atoms with van der Waals surface area (Å²) in [5, 5.41) is 0. The molecule has 148 valence electrons. The number of hydrogen-bond donors (Lipinski definition) is 0. The van der Waals surface area contributed by atoms with Crippen LogP contribution in [0.4, 0.5) is 0 Å². The first-order chi connectivity index (χ1) is 13.1. The first-order valence-electron chi connectivity index (χ1n) is 8.65. The Morgan fingerprint density at radius 1 is 0.536 bits per heavy atom. The zero-order valence-corrected chi connectivity index (χ0v) is 15.9. The monoisotopic (exact) mass is 387 g/mol. The first kappa shape index (κ1) is 20.9. The number of amides is 6. The maximum Gasteiger partial charge on any atom is 0.261 e. The van der Waals surface area contributed by atoms with E-state index in [1.807, 2.05) is 0 Å². The third kappa shape index (κ3) is 4.30. The van der Waals surface area contributed by atoms with Crippen molar-refractivity contribution in [3.05, 3.63) is 35.4 Å². The van der Waals surface area contributed by atoms with Crippen molar-refractivity contribution in [3.8, 4) is 0 Å². The molecule has 0 unspecified atom stereocenters. The molecule has 1 aromatic rings. The predicted molar refractivity (Wildman–Crippen MR) is 96.9 cm³/mol. The summed E-state index contributed by atoms with van der Waals surface area (Å²) in [6.45, 7) is 0. The first-order valence-corrected chi connectivity index (χ1v) is 8.65. The summed E-state index contributed by atoms with van der Waals surface area (Å²) >= 11 is 0. The zero-order chi connectivity index (χ0) is 21.0. The quantitative estimate of drug-likeness (QED) is 0.597. The molecule has 4 rings (SSSR count). The van der Waals surface area contributed by atoms with Gasteiger partial charge in [0.1, 0.15) is 0 Å². The minimum absolute atomic E-state index is 0.0602.